The first kappa shape index (κ1) is 18.8. The predicted octanol–water partition coefficient (Wildman–Crippen LogP) is 3.58. The van der Waals surface area contributed by atoms with Gasteiger partial charge in [-0.25, -0.2) is 4.39 Å². The topological polar surface area (TPSA) is 66.7 Å². The first-order valence-electron chi connectivity index (χ1n) is 8.96. The van der Waals surface area contributed by atoms with Crippen LogP contribution in [-0.4, -0.2) is 41.9 Å². The third-order valence-electron chi connectivity index (χ3n) is 4.98. The molecule has 0 saturated carbocycles. The van der Waals surface area contributed by atoms with E-state index >= 15 is 0 Å². The van der Waals surface area contributed by atoms with Crippen LogP contribution in [0, 0.1) is 15.9 Å². The van der Waals surface area contributed by atoms with E-state index in [9.17, 15) is 19.3 Å². The summed E-state index contributed by atoms with van der Waals surface area (Å²) in [6.45, 7) is 4.58. The summed E-state index contributed by atoms with van der Waals surface area (Å²) >= 11 is 0. The monoisotopic (exact) mass is 371 g/mol. The van der Waals surface area contributed by atoms with Gasteiger partial charge in [0.25, 0.3) is 5.69 Å². The summed E-state index contributed by atoms with van der Waals surface area (Å²) in [4.78, 5) is 26.9. The lowest BCUT2D eigenvalue weighted by Crippen LogP contribution is -2.49. The molecular weight excluding hydrogens is 349 g/mol. The van der Waals surface area contributed by atoms with Crippen molar-refractivity contribution in [2.45, 2.75) is 19.3 Å². The van der Waals surface area contributed by atoms with Crippen molar-refractivity contribution in [3.63, 3.8) is 0 Å². The van der Waals surface area contributed by atoms with Gasteiger partial charge in [0.05, 0.1) is 4.92 Å². The number of carbonyl (C=O) groups is 1. The zero-order valence-electron chi connectivity index (χ0n) is 15.2. The van der Waals surface area contributed by atoms with E-state index in [0.29, 0.717) is 32.6 Å². The standard InChI is InChI=1S/C20H22FN3O3/c1-15(16-2-4-17(21)5-3-16)14-20(25)23-12-10-22(11-13-23)18-6-8-19(9-7-18)24(26)27/h2-9,15H,10-14H2,1H3. The third-order valence-corrected chi connectivity index (χ3v) is 4.98. The molecule has 142 valence electrons. The summed E-state index contributed by atoms with van der Waals surface area (Å²) < 4.78 is 13.0. The zero-order valence-corrected chi connectivity index (χ0v) is 15.2. The minimum atomic E-state index is -0.414. The molecule has 7 heteroatoms. The molecule has 1 saturated heterocycles. The zero-order chi connectivity index (χ0) is 19.4. The van der Waals surface area contributed by atoms with Crippen LogP contribution in [0.3, 0.4) is 0 Å². The Kier molecular flexibility index (Phi) is 5.69. The second kappa shape index (κ2) is 8.16. The van der Waals surface area contributed by atoms with Gasteiger partial charge in [-0.3, -0.25) is 14.9 Å². The SMILES string of the molecule is CC(CC(=O)N1CCN(c2ccc([N+](=O)[O-])cc2)CC1)c1ccc(F)cc1. The Balaban J connectivity index is 1.53. The van der Waals surface area contributed by atoms with E-state index in [-0.39, 0.29) is 23.3 Å². The lowest BCUT2D eigenvalue weighted by molar-refractivity contribution is -0.384. The maximum Gasteiger partial charge on any atom is 0.269 e. The highest BCUT2D eigenvalue weighted by atomic mass is 19.1. The largest absolute Gasteiger partial charge is 0.368 e. The minimum Gasteiger partial charge on any atom is -0.368 e. The number of carbonyl (C=O) groups excluding carboxylic acids is 1. The average Bonchev–Trinajstić information content (AvgIpc) is 2.68. The quantitative estimate of drug-likeness (QED) is 0.595. The molecule has 1 atom stereocenters. The van der Waals surface area contributed by atoms with E-state index in [4.69, 9.17) is 0 Å². The number of benzene rings is 2. The van der Waals surface area contributed by atoms with Crippen molar-refractivity contribution in [2.24, 2.45) is 0 Å². The van der Waals surface area contributed by atoms with Crippen molar-refractivity contribution >= 4 is 17.3 Å². The van der Waals surface area contributed by atoms with E-state index in [2.05, 4.69) is 4.90 Å². The lowest BCUT2D eigenvalue weighted by Gasteiger charge is -2.36. The van der Waals surface area contributed by atoms with Crippen molar-refractivity contribution < 1.29 is 14.1 Å². The predicted molar refractivity (Wildman–Crippen MR) is 101 cm³/mol. The van der Waals surface area contributed by atoms with Crippen LogP contribution in [0.2, 0.25) is 0 Å². The van der Waals surface area contributed by atoms with Gasteiger partial charge in [0, 0.05) is 50.4 Å². The molecule has 0 bridgehead atoms. The van der Waals surface area contributed by atoms with Gasteiger partial charge in [0.1, 0.15) is 5.82 Å². The Morgan fingerprint density at radius 1 is 1.07 bits per heavy atom. The van der Waals surface area contributed by atoms with Crippen LogP contribution in [0.15, 0.2) is 48.5 Å². The van der Waals surface area contributed by atoms with Crippen molar-refractivity contribution in [2.75, 3.05) is 31.1 Å². The fraction of sp³-hybridized carbons (Fsp3) is 0.350. The Morgan fingerprint density at radius 3 is 2.22 bits per heavy atom. The van der Waals surface area contributed by atoms with Crippen molar-refractivity contribution in [3.8, 4) is 0 Å². The highest BCUT2D eigenvalue weighted by Gasteiger charge is 2.23. The minimum absolute atomic E-state index is 0.0332. The number of nitro benzene ring substituents is 1. The van der Waals surface area contributed by atoms with Crippen molar-refractivity contribution in [1.29, 1.82) is 0 Å². The summed E-state index contributed by atoms with van der Waals surface area (Å²) in [7, 11) is 0. The van der Waals surface area contributed by atoms with Crippen LogP contribution in [0.5, 0.6) is 0 Å². The molecule has 3 rings (SSSR count). The molecule has 0 aliphatic carbocycles. The van der Waals surface area contributed by atoms with Crippen molar-refractivity contribution in [1.82, 2.24) is 4.90 Å². The van der Waals surface area contributed by atoms with Crippen LogP contribution < -0.4 is 4.90 Å². The number of nitrogens with zero attached hydrogens (tertiary/aromatic N) is 3. The second-order valence-corrected chi connectivity index (χ2v) is 6.80. The maximum atomic E-state index is 13.0. The molecule has 0 spiro atoms. The summed E-state index contributed by atoms with van der Waals surface area (Å²) in [5, 5.41) is 10.7. The van der Waals surface area contributed by atoms with Gasteiger partial charge in [-0.05, 0) is 35.7 Å². The number of halogens is 1. The van der Waals surface area contributed by atoms with Crippen LogP contribution in [0.1, 0.15) is 24.8 Å². The van der Waals surface area contributed by atoms with Gasteiger partial charge in [0.2, 0.25) is 5.91 Å². The Bertz CT molecular complexity index is 800. The number of rotatable bonds is 5. The first-order valence-corrected chi connectivity index (χ1v) is 8.96. The average molecular weight is 371 g/mol. The Labute approximate surface area is 157 Å². The summed E-state index contributed by atoms with van der Waals surface area (Å²) in [5.41, 5.74) is 1.95. The maximum absolute atomic E-state index is 13.0. The number of non-ortho nitro benzene ring substituents is 1. The van der Waals surface area contributed by atoms with E-state index in [1.165, 1.54) is 24.3 Å². The molecule has 1 heterocycles. The van der Waals surface area contributed by atoms with Gasteiger partial charge in [-0.1, -0.05) is 19.1 Å². The molecule has 27 heavy (non-hydrogen) atoms. The molecule has 0 N–H and O–H groups in total. The number of anilines is 1. The molecule has 1 fully saturated rings. The first-order chi connectivity index (χ1) is 12.9. The highest BCUT2D eigenvalue weighted by molar-refractivity contribution is 5.77. The Morgan fingerprint density at radius 2 is 1.67 bits per heavy atom. The van der Waals surface area contributed by atoms with E-state index in [1.807, 2.05) is 11.8 Å². The normalized spacial score (nSPS) is 15.5. The molecule has 0 radical (unpaired) electrons. The molecule has 6 nitrogen and oxygen atoms in total. The van der Waals surface area contributed by atoms with E-state index in [1.54, 1.807) is 24.3 Å². The van der Waals surface area contributed by atoms with Crippen LogP contribution >= 0.6 is 0 Å². The molecule has 1 aliphatic heterocycles. The number of hydrogen-bond acceptors (Lipinski definition) is 4. The lowest BCUT2D eigenvalue weighted by atomic mass is 9.97. The summed E-state index contributed by atoms with van der Waals surface area (Å²) in [6.07, 6.45) is 0.392. The summed E-state index contributed by atoms with van der Waals surface area (Å²) in [6, 6.07) is 12.8. The fourth-order valence-corrected chi connectivity index (χ4v) is 3.30. The van der Waals surface area contributed by atoms with Gasteiger partial charge in [0.15, 0.2) is 0 Å². The van der Waals surface area contributed by atoms with Gasteiger partial charge >= 0.3 is 0 Å². The molecule has 0 aromatic heterocycles. The molecule has 1 unspecified atom stereocenters. The van der Waals surface area contributed by atoms with Gasteiger partial charge < -0.3 is 9.80 Å². The molecule has 2 aromatic carbocycles. The number of nitro groups is 1. The third kappa shape index (κ3) is 4.61. The summed E-state index contributed by atoms with van der Waals surface area (Å²) in [5.74, 6) is -0.152. The van der Waals surface area contributed by atoms with Crippen molar-refractivity contribution in [3.05, 3.63) is 70.0 Å². The molecule has 1 amide bonds. The smallest absolute Gasteiger partial charge is 0.269 e. The van der Waals surface area contributed by atoms with Crippen LogP contribution in [0.4, 0.5) is 15.8 Å². The van der Waals surface area contributed by atoms with Crippen LogP contribution in [-0.2, 0) is 4.79 Å². The van der Waals surface area contributed by atoms with Gasteiger partial charge in [-0.15, -0.1) is 0 Å². The highest BCUT2D eigenvalue weighted by Crippen LogP contribution is 2.23. The van der Waals surface area contributed by atoms with E-state index < -0.39 is 4.92 Å². The number of hydrogen-bond donors (Lipinski definition) is 0. The Hall–Kier alpha value is -2.96. The van der Waals surface area contributed by atoms with E-state index in [0.717, 1.165) is 11.3 Å². The van der Waals surface area contributed by atoms with Gasteiger partial charge in [-0.2, -0.15) is 0 Å². The molecular formula is C20H22FN3O3. The molecule has 2 aromatic rings. The number of amides is 1. The fourth-order valence-electron chi connectivity index (χ4n) is 3.30. The molecule has 1 aliphatic rings. The second-order valence-electron chi connectivity index (χ2n) is 6.80. The number of piperazine rings is 1. The van der Waals surface area contributed by atoms with Crippen LogP contribution in [0.25, 0.3) is 0 Å².